The molecule has 0 aliphatic carbocycles. The van der Waals surface area contributed by atoms with E-state index >= 15 is 0 Å². The van der Waals surface area contributed by atoms with Gasteiger partial charge in [0.1, 0.15) is 0 Å². The number of hydrogen-bond acceptors (Lipinski definition) is 3. The van der Waals surface area contributed by atoms with Crippen molar-refractivity contribution < 1.29 is 9.16 Å². The van der Waals surface area contributed by atoms with E-state index in [1.165, 1.54) is 0 Å². The molecule has 4 heteroatoms. The van der Waals surface area contributed by atoms with Crippen LogP contribution in [0.5, 0.6) is 0 Å². The molecule has 0 saturated carbocycles. The standard InChI is InChI=1S/C9H19NO2Si/c1-11-7-8-12-13(2,3)9-5-4-6-10/h4-5,7-9H2,1-3H3. The number of unbranched alkanes of at least 4 members (excludes halogenated alkanes) is 1. The minimum atomic E-state index is -1.51. The maximum atomic E-state index is 8.38. The Morgan fingerprint density at radius 3 is 2.54 bits per heavy atom. The first kappa shape index (κ1) is 12.6. The highest BCUT2D eigenvalue weighted by molar-refractivity contribution is 6.71. The van der Waals surface area contributed by atoms with Gasteiger partial charge in [0.15, 0.2) is 8.32 Å². The van der Waals surface area contributed by atoms with E-state index < -0.39 is 8.32 Å². The Hall–Kier alpha value is -0.373. The summed E-state index contributed by atoms with van der Waals surface area (Å²) in [5.74, 6) is 0. The van der Waals surface area contributed by atoms with Crippen LogP contribution in [-0.4, -0.2) is 28.6 Å². The van der Waals surface area contributed by atoms with Crippen LogP contribution in [0.3, 0.4) is 0 Å². The van der Waals surface area contributed by atoms with Crippen molar-refractivity contribution in [2.75, 3.05) is 20.3 Å². The summed E-state index contributed by atoms with van der Waals surface area (Å²) in [4.78, 5) is 0. The van der Waals surface area contributed by atoms with E-state index in [4.69, 9.17) is 14.4 Å². The van der Waals surface area contributed by atoms with Crippen molar-refractivity contribution in [2.45, 2.75) is 32.0 Å². The molecule has 0 bridgehead atoms. The largest absolute Gasteiger partial charge is 0.415 e. The number of nitriles is 1. The summed E-state index contributed by atoms with van der Waals surface area (Å²) in [6.45, 7) is 5.71. The molecule has 0 fully saturated rings. The molecule has 0 rings (SSSR count). The lowest BCUT2D eigenvalue weighted by Crippen LogP contribution is -2.31. The minimum Gasteiger partial charge on any atom is -0.415 e. The molecule has 0 aliphatic heterocycles. The minimum absolute atomic E-state index is 0.643. The Morgan fingerprint density at radius 1 is 1.31 bits per heavy atom. The van der Waals surface area contributed by atoms with Gasteiger partial charge in [-0.3, -0.25) is 0 Å². The fourth-order valence-electron chi connectivity index (χ4n) is 1.07. The van der Waals surface area contributed by atoms with Crippen molar-refractivity contribution >= 4 is 8.32 Å². The van der Waals surface area contributed by atoms with Crippen LogP contribution in [-0.2, 0) is 9.16 Å². The van der Waals surface area contributed by atoms with E-state index in [9.17, 15) is 0 Å². The molecule has 0 aromatic carbocycles. The van der Waals surface area contributed by atoms with Crippen molar-refractivity contribution in [3.8, 4) is 6.07 Å². The third-order valence-corrected chi connectivity index (χ3v) is 4.39. The van der Waals surface area contributed by atoms with Gasteiger partial charge in [-0.15, -0.1) is 0 Å². The van der Waals surface area contributed by atoms with Gasteiger partial charge in [-0.2, -0.15) is 5.26 Å². The van der Waals surface area contributed by atoms with Crippen molar-refractivity contribution in [1.82, 2.24) is 0 Å². The second-order valence-corrected chi connectivity index (χ2v) is 7.92. The van der Waals surface area contributed by atoms with Crippen LogP contribution in [0.25, 0.3) is 0 Å². The van der Waals surface area contributed by atoms with E-state index in [0.717, 1.165) is 12.5 Å². The molecule has 0 saturated heterocycles. The summed E-state index contributed by atoms with van der Waals surface area (Å²) in [5, 5.41) is 8.38. The van der Waals surface area contributed by atoms with E-state index in [1.807, 2.05) is 0 Å². The first-order valence-corrected chi connectivity index (χ1v) is 7.74. The van der Waals surface area contributed by atoms with Gasteiger partial charge >= 0.3 is 0 Å². The van der Waals surface area contributed by atoms with Crippen LogP contribution in [0, 0.1) is 11.3 Å². The molecule has 0 spiro atoms. The van der Waals surface area contributed by atoms with Gasteiger partial charge in [0, 0.05) is 13.5 Å². The molecule has 0 unspecified atom stereocenters. The van der Waals surface area contributed by atoms with Crippen LogP contribution in [0.4, 0.5) is 0 Å². The molecular weight excluding hydrogens is 182 g/mol. The van der Waals surface area contributed by atoms with Gasteiger partial charge in [0.05, 0.1) is 19.3 Å². The summed E-state index contributed by atoms with van der Waals surface area (Å²) >= 11 is 0. The Kier molecular flexibility index (Phi) is 6.87. The predicted octanol–water partition coefficient (Wildman–Crippen LogP) is 2.16. The molecule has 0 heterocycles. The van der Waals surface area contributed by atoms with Gasteiger partial charge in [-0.25, -0.2) is 0 Å². The van der Waals surface area contributed by atoms with E-state index in [1.54, 1.807) is 7.11 Å². The van der Waals surface area contributed by atoms with Crippen molar-refractivity contribution in [3.05, 3.63) is 0 Å². The quantitative estimate of drug-likeness (QED) is 0.468. The lowest BCUT2D eigenvalue weighted by molar-refractivity contribution is 0.142. The molecule has 0 aliphatic rings. The zero-order chi connectivity index (χ0) is 10.2. The lowest BCUT2D eigenvalue weighted by Gasteiger charge is -2.21. The van der Waals surface area contributed by atoms with Gasteiger partial charge < -0.3 is 9.16 Å². The number of methoxy groups -OCH3 is 1. The van der Waals surface area contributed by atoms with E-state index in [0.29, 0.717) is 19.6 Å². The molecule has 0 atom stereocenters. The summed E-state index contributed by atoms with van der Waals surface area (Å²) in [5.41, 5.74) is 0. The number of nitrogens with zero attached hydrogens (tertiary/aromatic N) is 1. The Bertz CT molecular complexity index is 165. The summed E-state index contributed by atoms with van der Waals surface area (Å²) in [6, 6.07) is 3.21. The predicted molar refractivity (Wildman–Crippen MR) is 55.0 cm³/mol. The molecule has 0 amide bonds. The van der Waals surface area contributed by atoms with E-state index in [2.05, 4.69) is 19.2 Å². The summed E-state index contributed by atoms with van der Waals surface area (Å²) in [7, 11) is 0.165. The third kappa shape index (κ3) is 7.97. The molecule has 76 valence electrons. The summed E-state index contributed by atoms with van der Waals surface area (Å²) in [6.07, 6.45) is 1.60. The van der Waals surface area contributed by atoms with Crippen molar-refractivity contribution in [1.29, 1.82) is 5.26 Å². The molecule has 0 aromatic rings. The van der Waals surface area contributed by atoms with Crippen molar-refractivity contribution in [2.24, 2.45) is 0 Å². The fraction of sp³-hybridized carbons (Fsp3) is 0.889. The highest BCUT2D eigenvalue weighted by atomic mass is 28.4. The zero-order valence-corrected chi connectivity index (χ0v) is 9.80. The molecule has 0 N–H and O–H groups in total. The smallest absolute Gasteiger partial charge is 0.186 e. The van der Waals surface area contributed by atoms with Crippen LogP contribution in [0.2, 0.25) is 19.1 Å². The summed E-state index contributed by atoms with van der Waals surface area (Å²) < 4.78 is 10.6. The average molecular weight is 201 g/mol. The Morgan fingerprint density at radius 2 is 2.00 bits per heavy atom. The van der Waals surface area contributed by atoms with Crippen LogP contribution in [0.15, 0.2) is 0 Å². The van der Waals surface area contributed by atoms with E-state index in [-0.39, 0.29) is 0 Å². The fourth-order valence-corrected chi connectivity index (χ4v) is 2.88. The number of ether oxygens (including phenoxy) is 1. The zero-order valence-electron chi connectivity index (χ0n) is 8.80. The monoisotopic (exact) mass is 201 g/mol. The maximum absolute atomic E-state index is 8.38. The number of hydrogen-bond donors (Lipinski definition) is 0. The van der Waals surface area contributed by atoms with Crippen LogP contribution >= 0.6 is 0 Å². The molecule has 0 radical (unpaired) electrons. The first-order valence-electron chi connectivity index (χ1n) is 4.62. The molecular formula is C9H19NO2Si. The second-order valence-electron chi connectivity index (χ2n) is 3.61. The maximum Gasteiger partial charge on any atom is 0.186 e. The van der Waals surface area contributed by atoms with Crippen molar-refractivity contribution in [3.63, 3.8) is 0 Å². The van der Waals surface area contributed by atoms with Gasteiger partial charge in [-0.1, -0.05) is 0 Å². The Labute approximate surface area is 81.8 Å². The molecule has 13 heavy (non-hydrogen) atoms. The highest BCUT2D eigenvalue weighted by Gasteiger charge is 2.21. The highest BCUT2D eigenvalue weighted by Crippen LogP contribution is 2.14. The van der Waals surface area contributed by atoms with Gasteiger partial charge in [-0.05, 0) is 25.6 Å². The molecule has 3 nitrogen and oxygen atoms in total. The van der Waals surface area contributed by atoms with Gasteiger partial charge in [0.25, 0.3) is 0 Å². The van der Waals surface area contributed by atoms with Crippen LogP contribution < -0.4 is 0 Å². The SMILES string of the molecule is COCCO[Si](C)(C)CCCC#N. The number of rotatable bonds is 7. The lowest BCUT2D eigenvalue weighted by atomic mass is 10.4. The van der Waals surface area contributed by atoms with Gasteiger partial charge in [0.2, 0.25) is 0 Å². The molecule has 0 aromatic heterocycles. The first-order chi connectivity index (χ1) is 6.12. The van der Waals surface area contributed by atoms with Crippen LogP contribution in [0.1, 0.15) is 12.8 Å². The third-order valence-electron chi connectivity index (χ3n) is 1.85. The topological polar surface area (TPSA) is 42.2 Å². The Balaban J connectivity index is 3.49. The second kappa shape index (κ2) is 7.07. The average Bonchev–Trinajstić information content (AvgIpc) is 2.05. The normalized spacial score (nSPS) is 11.2.